The summed E-state index contributed by atoms with van der Waals surface area (Å²) in [5, 5.41) is 19.6. The summed E-state index contributed by atoms with van der Waals surface area (Å²) < 4.78 is -1.19. The summed E-state index contributed by atoms with van der Waals surface area (Å²) >= 11 is 4.69. The number of thioether (sulfide) groups is 1. The number of carbonyl (C=O) groups is 2. The van der Waals surface area contributed by atoms with Gasteiger partial charge >= 0.3 is 0 Å². The number of fused-ring (bicyclic) bond motifs is 1. The van der Waals surface area contributed by atoms with E-state index in [-0.39, 0.29) is 49.8 Å². The van der Waals surface area contributed by atoms with E-state index in [2.05, 4.69) is 33.1 Å². The number of alkyl halides is 1. The average molecular weight is 459 g/mol. The van der Waals surface area contributed by atoms with Gasteiger partial charge in [-0.1, -0.05) is 22.0 Å². The van der Waals surface area contributed by atoms with Gasteiger partial charge in [-0.25, -0.2) is 0 Å². The van der Waals surface area contributed by atoms with Crippen LogP contribution in [0.4, 0.5) is 0 Å². The minimum Gasteiger partial charge on any atom is -0.581 e. The topological polar surface area (TPSA) is 84.6 Å². The van der Waals surface area contributed by atoms with Crippen molar-refractivity contribution in [3.05, 3.63) is 35.5 Å². The number of aromatic nitrogens is 2. The quantitative estimate of drug-likeness (QED) is 0.410. The molecule has 1 aromatic heterocycles. The van der Waals surface area contributed by atoms with E-state index in [1.165, 1.54) is 23.6 Å². The van der Waals surface area contributed by atoms with E-state index in [1.54, 1.807) is 11.5 Å². The van der Waals surface area contributed by atoms with Crippen molar-refractivity contribution in [3.63, 3.8) is 0 Å². The largest absolute Gasteiger partial charge is 0.581 e. The Morgan fingerprint density at radius 1 is 1.73 bits per heavy atom. The maximum atomic E-state index is 12.4. The first-order valence-corrected chi connectivity index (χ1v) is 8.00. The van der Waals surface area contributed by atoms with E-state index in [9.17, 15) is 14.7 Å². The second kappa shape index (κ2) is 6.47. The van der Waals surface area contributed by atoms with Gasteiger partial charge in [-0.15, -0.1) is 11.8 Å². The van der Waals surface area contributed by atoms with E-state index in [0.717, 1.165) is 0 Å². The molecule has 3 atom stereocenters. The molecule has 0 saturated carbocycles. The molecule has 22 heavy (non-hydrogen) atoms. The van der Waals surface area contributed by atoms with Gasteiger partial charge in [0, 0.05) is 50.7 Å². The third-order valence-corrected chi connectivity index (χ3v) is 6.32. The van der Waals surface area contributed by atoms with Gasteiger partial charge in [-0.3, -0.25) is 14.5 Å². The molecule has 2 unspecified atom stereocenters. The molecule has 1 fully saturated rings. The Hall–Kier alpha value is -0.0161. The molecule has 1 aromatic rings. The number of allylic oxidation sites excluding steroid dienone is 1. The van der Waals surface area contributed by atoms with Gasteiger partial charge in [0.2, 0.25) is 0 Å². The van der Waals surface area contributed by atoms with E-state index < -0.39 is 10.4 Å². The Balaban J connectivity index is 0.00000176. The maximum Gasteiger partial charge on any atom is 0.251 e. The van der Waals surface area contributed by atoms with Gasteiger partial charge in [-0.05, 0) is 0 Å². The van der Waals surface area contributed by atoms with Gasteiger partial charge in [-0.2, -0.15) is 12.1 Å². The number of aliphatic hydroxyl groups is 1. The molecule has 9 heteroatoms. The number of rotatable bonds is 4. The van der Waals surface area contributed by atoms with E-state index >= 15 is 0 Å². The van der Waals surface area contributed by atoms with Crippen LogP contribution in [0.1, 0.15) is 24.4 Å². The van der Waals surface area contributed by atoms with Crippen molar-refractivity contribution in [2.75, 3.05) is 0 Å². The Kier molecular flexibility index (Phi) is 5.39. The summed E-state index contributed by atoms with van der Waals surface area (Å²) in [6.07, 6.45) is -0.671. The fourth-order valence-corrected chi connectivity index (χ4v) is 4.68. The minimum atomic E-state index is -1.19. The molecule has 2 aliphatic heterocycles. The molecule has 1 N–H and O–H groups in total. The van der Waals surface area contributed by atoms with Crippen LogP contribution in [0.5, 0.6) is 0 Å². The number of Topliss-reactive ketones (excluding diaryl/α,β-unsaturated/α-hetero) is 1. The molecule has 1 radical (unpaired) electrons. The molecule has 0 aliphatic carbocycles. The van der Waals surface area contributed by atoms with Gasteiger partial charge < -0.3 is 22.2 Å². The van der Waals surface area contributed by atoms with Crippen LogP contribution in [0.15, 0.2) is 17.2 Å². The Bertz CT molecular complexity index is 665. The van der Waals surface area contributed by atoms with Crippen LogP contribution < -0.4 is 5.10 Å². The summed E-state index contributed by atoms with van der Waals surface area (Å²) in [5.41, 5.74) is 1.35. The molecule has 6 nitrogen and oxygen atoms in total. The number of β-lactam (4-membered cyclic amide) rings is 1. The van der Waals surface area contributed by atoms with Crippen LogP contribution in [-0.4, -0.2) is 36.5 Å². The standard InChI is InChI=1S/C13H12BrN3O3S.Y/c1-3-7-4-8(16-15-7)10(19)13(14)11(20)17-9(6(2)18)5-21-12(13)17;/h4-5,10,12,19H,1,3H2,2H3;/q-2;/t10?,12-,13?;/m1./s1. The normalized spacial score (nSPS) is 27.6. The smallest absolute Gasteiger partial charge is 0.251 e. The van der Waals surface area contributed by atoms with E-state index in [1.807, 2.05) is 0 Å². The van der Waals surface area contributed by atoms with Crippen molar-refractivity contribution in [1.82, 2.24) is 15.1 Å². The number of ketones is 1. The van der Waals surface area contributed by atoms with E-state index in [4.69, 9.17) is 0 Å². The van der Waals surface area contributed by atoms with Crippen LogP contribution in [0, 0.1) is 6.92 Å². The van der Waals surface area contributed by atoms with Crippen molar-refractivity contribution in [1.29, 1.82) is 0 Å². The molecule has 3 rings (SSSR count). The summed E-state index contributed by atoms with van der Waals surface area (Å²) in [6, 6.07) is 1.63. The SMILES string of the molecule is [CH2-]Cc1cc(C(O)C2(Br)C(=O)N3C(C(C)=O)=CS[C@@H]32)n[n-]1.[Y]. The maximum absolute atomic E-state index is 12.4. The fourth-order valence-electron chi connectivity index (χ4n) is 2.43. The first-order chi connectivity index (χ1) is 9.91. The molecule has 0 spiro atoms. The van der Waals surface area contributed by atoms with Gasteiger partial charge in [0.05, 0.1) is 5.70 Å². The fraction of sp³-hybridized carbons (Fsp3) is 0.385. The first kappa shape index (κ1) is 18.3. The second-order valence-corrected chi connectivity index (χ2v) is 7.17. The zero-order chi connectivity index (χ0) is 15.4. The molecule has 115 valence electrons. The monoisotopic (exact) mass is 458 g/mol. The number of aliphatic hydroxyl groups excluding tert-OH is 1. The predicted molar refractivity (Wildman–Crippen MR) is 80.2 cm³/mol. The minimum absolute atomic E-state index is 0. The van der Waals surface area contributed by atoms with Gasteiger partial charge in [0.1, 0.15) is 11.5 Å². The van der Waals surface area contributed by atoms with Crippen molar-refractivity contribution >= 4 is 39.4 Å². The Morgan fingerprint density at radius 3 is 2.95 bits per heavy atom. The zero-order valence-electron chi connectivity index (χ0n) is 11.7. The van der Waals surface area contributed by atoms with Crippen LogP contribution in [0.2, 0.25) is 0 Å². The third kappa shape index (κ3) is 2.47. The first-order valence-electron chi connectivity index (χ1n) is 6.27. The number of nitrogens with zero attached hydrogens (tertiary/aromatic N) is 3. The molecule has 0 aromatic carbocycles. The summed E-state index contributed by atoms with van der Waals surface area (Å²) in [6.45, 7) is 5.11. The number of carbonyl (C=O) groups excluding carboxylic acids is 2. The number of halogens is 1. The van der Waals surface area contributed by atoms with Crippen LogP contribution in [-0.2, 0) is 48.7 Å². The molecular weight excluding hydrogens is 447 g/mol. The van der Waals surface area contributed by atoms with Crippen molar-refractivity contribution in [3.8, 4) is 0 Å². The molecule has 2 aliphatic rings. The average Bonchev–Trinajstić information content (AvgIpc) is 3.10. The predicted octanol–water partition coefficient (Wildman–Crippen LogP) is 0.925. The zero-order valence-corrected chi connectivity index (χ0v) is 16.9. The summed E-state index contributed by atoms with van der Waals surface area (Å²) in [4.78, 5) is 25.3. The van der Waals surface area contributed by atoms with Crippen molar-refractivity contribution in [2.45, 2.75) is 29.1 Å². The molecule has 3 heterocycles. The van der Waals surface area contributed by atoms with Crippen LogP contribution in [0.3, 0.4) is 0 Å². The Morgan fingerprint density at radius 2 is 2.41 bits per heavy atom. The number of hydrogen-bond acceptors (Lipinski definition) is 5. The van der Waals surface area contributed by atoms with Gasteiger partial charge in [0.25, 0.3) is 5.91 Å². The van der Waals surface area contributed by atoms with Gasteiger partial charge in [0.15, 0.2) is 10.1 Å². The summed E-state index contributed by atoms with van der Waals surface area (Å²) in [5.74, 6) is -0.513. The Labute approximate surface area is 165 Å². The third-order valence-electron chi connectivity index (χ3n) is 3.61. The van der Waals surface area contributed by atoms with Crippen LogP contribution in [0.25, 0.3) is 0 Å². The molecule has 0 bridgehead atoms. The van der Waals surface area contributed by atoms with Crippen molar-refractivity contribution < 1.29 is 47.4 Å². The molecule has 1 saturated heterocycles. The van der Waals surface area contributed by atoms with Crippen LogP contribution >= 0.6 is 27.7 Å². The number of hydrogen-bond donors (Lipinski definition) is 1. The molecule has 1 amide bonds. The van der Waals surface area contributed by atoms with E-state index in [0.29, 0.717) is 23.5 Å². The van der Waals surface area contributed by atoms with Crippen molar-refractivity contribution in [2.24, 2.45) is 0 Å². The number of amides is 1. The second-order valence-electron chi connectivity index (χ2n) is 4.90. The summed E-state index contributed by atoms with van der Waals surface area (Å²) in [7, 11) is 0. The molecular formula is C13H12BrN3O3SY-2.